The molecule has 0 radical (unpaired) electrons. The average Bonchev–Trinajstić information content (AvgIpc) is 3.15. The van der Waals surface area contributed by atoms with E-state index in [1.165, 1.54) is 7.11 Å². The second-order valence-electron chi connectivity index (χ2n) is 13.1. The number of aryl methyl sites for hydroxylation is 1. The lowest BCUT2D eigenvalue weighted by Gasteiger charge is -2.30. The quantitative estimate of drug-likeness (QED) is 0.0835. The maximum atomic E-state index is 14.2. The fraction of sp³-hybridized carbons (Fsp3) is 0.279. The minimum absolute atomic E-state index is 0.0792. The summed E-state index contributed by atoms with van der Waals surface area (Å²) in [6, 6.07) is 38.9. The van der Waals surface area contributed by atoms with Gasteiger partial charge in [-0.3, -0.25) is 4.79 Å². The number of fused-ring (bicyclic) bond motifs is 1. The maximum Gasteiger partial charge on any atom is 0.329 e. The summed E-state index contributed by atoms with van der Waals surface area (Å²) in [7, 11) is 1.52. The van der Waals surface area contributed by atoms with Crippen LogP contribution in [-0.4, -0.2) is 49.1 Å². The standard InChI is InChI=1S/C43H46N2O6/c1-31(2)28-45(29-37(25-22-32-14-6-4-7-15-32)41(46)51-40-21-13-12-20-39(40)49-3)43(48)44-38(42(47)50-30-33-16-8-5-9-17-33)27-34-23-24-35-18-10-11-19-36(35)26-34/h4-21,23-24,26,31,37-38H,22,25,27-30H2,1-3H3,(H,44,48)/t37?,38-/m0/s1. The smallest absolute Gasteiger partial charge is 0.329 e. The number of urea groups is 1. The normalized spacial score (nSPS) is 12.2. The zero-order valence-electron chi connectivity index (χ0n) is 29.5. The van der Waals surface area contributed by atoms with Crippen molar-refractivity contribution >= 4 is 28.7 Å². The number of para-hydroxylation sites is 2. The van der Waals surface area contributed by atoms with Gasteiger partial charge in [0.15, 0.2) is 11.5 Å². The van der Waals surface area contributed by atoms with Gasteiger partial charge in [0.05, 0.1) is 13.0 Å². The van der Waals surface area contributed by atoms with Crippen LogP contribution in [0.5, 0.6) is 11.5 Å². The number of methoxy groups -OCH3 is 1. The van der Waals surface area contributed by atoms with Gasteiger partial charge in [0.25, 0.3) is 0 Å². The van der Waals surface area contributed by atoms with E-state index in [1.54, 1.807) is 29.2 Å². The van der Waals surface area contributed by atoms with E-state index in [-0.39, 0.29) is 25.5 Å². The third-order valence-electron chi connectivity index (χ3n) is 8.61. The monoisotopic (exact) mass is 686 g/mol. The summed E-state index contributed by atoms with van der Waals surface area (Å²) in [6.45, 7) is 4.54. The molecule has 0 spiro atoms. The van der Waals surface area contributed by atoms with Gasteiger partial charge in [0.1, 0.15) is 12.6 Å². The molecule has 1 unspecified atom stereocenters. The van der Waals surface area contributed by atoms with E-state index < -0.39 is 29.9 Å². The number of rotatable bonds is 16. The Morgan fingerprint density at radius 3 is 1.98 bits per heavy atom. The molecule has 5 aromatic rings. The van der Waals surface area contributed by atoms with Gasteiger partial charge >= 0.3 is 18.0 Å². The molecule has 2 amide bonds. The van der Waals surface area contributed by atoms with Gasteiger partial charge in [-0.2, -0.15) is 0 Å². The number of benzene rings is 5. The van der Waals surface area contributed by atoms with E-state index in [4.69, 9.17) is 14.2 Å². The molecule has 1 N–H and O–H groups in total. The van der Waals surface area contributed by atoms with E-state index in [1.807, 2.05) is 117 Å². The van der Waals surface area contributed by atoms with Crippen LogP contribution in [0.15, 0.2) is 127 Å². The highest BCUT2D eigenvalue weighted by Crippen LogP contribution is 2.28. The SMILES string of the molecule is COc1ccccc1OC(=O)C(CCc1ccccc1)CN(CC(C)C)C(=O)N[C@@H](Cc1ccc2ccccc2c1)C(=O)OCc1ccccc1. The average molecular weight is 687 g/mol. The molecule has 0 bridgehead atoms. The summed E-state index contributed by atoms with van der Waals surface area (Å²) in [5, 5.41) is 5.10. The van der Waals surface area contributed by atoms with Crippen LogP contribution in [0.4, 0.5) is 4.79 Å². The lowest BCUT2D eigenvalue weighted by molar-refractivity contribution is -0.147. The van der Waals surface area contributed by atoms with Crippen LogP contribution in [0.3, 0.4) is 0 Å². The van der Waals surface area contributed by atoms with Gasteiger partial charge < -0.3 is 24.4 Å². The van der Waals surface area contributed by atoms with Gasteiger partial charge in [-0.25, -0.2) is 9.59 Å². The first kappa shape index (κ1) is 36.6. The van der Waals surface area contributed by atoms with E-state index in [0.29, 0.717) is 30.9 Å². The van der Waals surface area contributed by atoms with Crippen molar-refractivity contribution in [3.8, 4) is 11.5 Å². The van der Waals surface area contributed by atoms with Crippen LogP contribution < -0.4 is 14.8 Å². The zero-order valence-corrected chi connectivity index (χ0v) is 29.5. The van der Waals surface area contributed by atoms with Crippen molar-refractivity contribution in [2.45, 2.75) is 45.8 Å². The topological polar surface area (TPSA) is 94.2 Å². The Morgan fingerprint density at radius 2 is 1.29 bits per heavy atom. The zero-order chi connectivity index (χ0) is 36.0. The number of amides is 2. The molecule has 0 aromatic heterocycles. The molecule has 0 saturated carbocycles. The predicted molar refractivity (Wildman–Crippen MR) is 200 cm³/mol. The van der Waals surface area contributed by atoms with Crippen LogP contribution in [0.25, 0.3) is 10.8 Å². The molecule has 5 rings (SSSR count). The fourth-order valence-electron chi connectivity index (χ4n) is 5.98. The molecule has 8 nitrogen and oxygen atoms in total. The van der Waals surface area contributed by atoms with Crippen molar-refractivity contribution < 1.29 is 28.6 Å². The van der Waals surface area contributed by atoms with Crippen LogP contribution in [-0.2, 0) is 33.8 Å². The Balaban J connectivity index is 1.38. The summed E-state index contributed by atoms with van der Waals surface area (Å²) >= 11 is 0. The lowest BCUT2D eigenvalue weighted by Crippen LogP contribution is -2.52. The number of carbonyl (C=O) groups is 3. The molecule has 8 heteroatoms. The van der Waals surface area contributed by atoms with Crippen LogP contribution in [0.2, 0.25) is 0 Å². The molecule has 0 heterocycles. The minimum atomic E-state index is -0.972. The van der Waals surface area contributed by atoms with Gasteiger partial charge in [-0.1, -0.05) is 129 Å². The molecule has 0 saturated heterocycles. The molecular formula is C43H46N2O6. The maximum absolute atomic E-state index is 14.2. The fourth-order valence-corrected chi connectivity index (χ4v) is 5.98. The first-order valence-corrected chi connectivity index (χ1v) is 17.4. The summed E-state index contributed by atoms with van der Waals surface area (Å²) in [4.78, 5) is 43.3. The van der Waals surface area contributed by atoms with Crippen molar-refractivity contribution in [3.05, 3.63) is 144 Å². The van der Waals surface area contributed by atoms with Crippen molar-refractivity contribution in [1.29, 1.82) is 0 Å². The first-order chi connectivity index (χ1) is 24.8. The number of hydrogen-bond acceptors (Lipinski definition) is 6. The van der Waals surface area contributed by atoms with Crippen molar-refractivity contribution in [2.75, 3.05) is 20.2 Å². The number of esters is 2. The Morgan fingerprint density at radius 1 is 0.667 bits per heavy atom. The molecule has 51 heavy (non-hydrogen) atoms. The number of hydrogen-bond donors (Lipinski definition) is 1. The summed E-state index contributed by atoms with van der Waals surface area (Å²) < 4.78 is 17.1. The largest absolute Gasteiger partial charge is 0.493 e. The summed E-state index contributed by atoms with van der Waals surface area (Å²) in [5.74, 6) is -0.836. The van der Waals surface area contributed by atoms with Crippen molar-refractivity contribution in [2.24, 2.45) is 11.8 Å². The summed E-state index contributed by atoms with van der Waals surface area (Å²) in [6.07, 6.45) is 1.28. The van der Waals surface area contributed by atoms with Gasteiger partial charge in [0.2, 0.25) is 0 Å². The van der Waals surface area contributed by atoms with E-state index in [2.05, 4.69) is 5.32 Å². The Bertz CT molecular complexity index is 1880. The summed E-state index contributed by atoms with van der Waals surface area (Å²) in [5.41, 5.74) is 2.80. The van der Waals surface area contributed by atoms with E-state index in [9.17, 15) is 14.4 Å². The number of carbonyl (C=O) groups excluding carboxylic acids is 3. The van der Waals surface area contributed by atoms with Crippen molar-refractivity contribution in [1.82, 2.24) is 10.2 Å². The third-order valence-corrected chi connectivity index (χ3v) is 8.61. The lowest BCUT2D eigenvalue weighted by atomic mass is 9.98. The molecule has 264 valence electrons. The van der Waals surface area contributed by atoms with E-state index >= 15 is 0 Å². The number of nitrogens with zero attached hydrogens (tertiary/aromatic N) is 1. The molecule has 0 aliphatic heterocycles. The van der Waals surface area contributed by atoms with Gasteiger partial charge in [-0.15, -0.1) is 0 Å². The highest BCUT2D eigenvalue weighted by Gasteiger charge is 2.30. The third kappa shape index (κ3) is 10.9. The van der Waals surface area contributed by atoms with Crippen LogP contribution >= 0.6 is 0 Å². The molecule has 2 atom stereocenters. The molecule has 5 aromatic carbocycles. The second-order valence-corrected chi connectivity index (χ2v) is 13.1. The Kier molecular flexibility index (Phi) is 13.2. The first-order valence-electron chi connectivity index (χ1n) is 17.4. The molecule has 0 aliphatic rings. The highest BCUT2D eigenvalue weighted by atomic mass is 16.6. The molecule has 0 aliphatic carbocycles. The Hall–Kier alpha value is -5.63. The van der Waals surface area contributed by atoms with Gasteiger partial charge in [-0.05, 0) is 58.4 Å². The van der Waals surface area contributed by atoms with Crippen LogP contribution in [0.1, 0.15) is 37.0 Å². The number of ether oxygens (including phenoxy) is 3. The molecular weight excluding hydrogens is 640 g/mol. The predicted octanol–water partition coefficient (Wildman–Crippen LogP) is 8.03. The minimum Gasteiger partial charge on any atom is -0.493 e. The van der Waals surface area contributed by atoms with Crippen molar-refractivity contribution in [3.63, 3.8) is 0 Å². The van der Waals surface area contributed by atoms with Gasteiger partial charge in [0, 0.05) is 19.5 Å². The second kappa shape index (κ2) is 18.4. The van der Waals surface area contributed by atoms with E-state index in [0.717, 1.165) is 27.5 Å². The number of nitrogens with one attached hydrogen (secondary N) is 1. The molecule has 0 fully saturated rings. The highest BCUT2D eigenvalue weighted by molar-refractivity contribution is 5.86. The van der Waals surface area contributed by atoms with Crippen LogP contribution in [0, 0.1) is 11.8 Å². The Labute approximate surface area is 300 Å².